The SMILES string of the molecule is COc1cc(CNCC(N)=O)ccc1/C(N)=N/O. The predicted molar refractivity (Wildman–Crippen MR) is 66.4 cm³/mol. The molecule has 0 saturated heterocycles. The summed E-state index contributed by atoms with van der Waals surface area (Å²) < 4.78 is 5.15. The number of amides is 1. The van der Waals surface area contributed by atoms with E-state index in [0.29, 0.717) is 17.9 Å². The lowest BCUT2D eigenvalue weighted by Crippen LogP contribution is -2.28. The smallest absolute Gasteiger partial charge is 0.231 e. The molecule has 1 amide bonds. The molecule has 0 fully saturated rings. The van der Waals surface area contributed by atoms with E-state index < -0.39 is 5.91 Å². The maximum atomic E-state index is 10.6. The maximum absolute atomic E-state index is 10.6. The molecule has 1 aromatic carbocycles. The number of rotatable bonds is 6. The molecule has 1 rings (SSSR count). The lowest BCUT2D eigenvalue weighted by Gasteiger charge is -2.10. The summed E-state index contributed by atoms with van der Waals surface area (Å²) >= 11 is 0. The highest BCUT2D eigenvalue weighted by Gasteiger charge is 2.08. The minimum Gasteiger partial charge on any atom is -0.496 e. The highest BCUT2D eigenvalue weighted by Crippen LogP contribution is 2.19. The molecule has 0 atom stereocenters. The van der Waals surface area contributed by atoms with Crippen LogP contribution in [-0.4, -0.2) is 30.6 Å². The molecule has 0 radical (unpaired) electrons. The van der Waals surface area contributed by atoms with Gasteiger partial charge in [-0.1, -0.05) is 11.2 Å². The number of carbonyl (C=O) groups is 1. The zero-order chi connectivity index (χ0) is 13.5. The summed E-state index contributed by atoms with van der Waals surface area (Å²) in [5.41, 5.74) is 11.9. The quantitative estimate of drug-likeness (QED) is 0.232. The first kappa shape index (κ1) is 13.8. The Bertz CT molecular complexity index is 460. The van der Waals surface area contributed by atoms with Crippen LogP contribution in [0.2, 0.25) is 0 Å². The molecule has 0 unspecified atom stereocenters. The first-order chi connectivity index (χ1) is 8.58. The summed E-state index contributed by atoms with van der Waals surface area (Å²) in [6.45, 7) is 0.570. The zero-order valence-electron chi connectivity index (χ0n) is 10.0. The number of ether oxygens (including phenoxy) is 1. The van der Waals surface area contributed by atoms with Crippen LogP contribution in [0.15, 0.2) is 23.4 Å². The third-order valence-corrected chi connectivity index (χ3v) is 2.28. The molecule has 0 saturated carbocycles. The van der Waals surface area contributed by atoms with Crippen LogP contribution < -0.4 is 21.5 Å². The van der Waals surface area contributed by atoms with Crippen LogP contribution >= 0.6 is 0 Å². The van der Waals surface area contributed by atoms with Crippen LogP contribution in [0.1, 0.15) is 11.1 Å². The second kappa shape index (κ2) is 6.45. The predicted octanol–water partition coefficient (Wildman–Crippen LogP) is -0.635. The minimum absolute atomic E-state index is 0.0245. The number of nitrogens with one attached hydrogen (secondary N) is 1. The Hall–Kier alpha value is -2.28. The van der Waals surface area contributed by atoms with E-state index in [0.717, 1.165) is 5.56 Å². The minimum atomic E-state index is -0.421. The summed E-state index contributed by atoms with van der Waals surface area (Å²) in [6, 6.07) is 5.19. The van der Waals surface area contributed by atoms with Crippen molar-refractivity contribution in [2.75, 3.05) is 13.7 Å². The standard InChI is InChI=1S/C11H16N4O3/c1-18-9-4-7(5-14-6-10(12)16)2-3-8(9)11(13)15-17/h2-4,14,17H,5-6H2,1H3,(H2,12,16)(H2,13,15). The fourth-order valence-corrected chi connectivity index (χ4v) is 1.44. The van der Waals surface area contributed by atoms with Crippen LogP contribution in [-0.2, 0) is 11.3 Å². The van der Waals surface area contributed by atoms with Crippen LogP contribution in [0.25, 0.3) is 0 Å². The number of primary amides is 1. The second-order valence-corrected chi connectivity index (χ2v) is 3.59. The van der Waals surface area contributed by atoms with Gasteiger partial charge in [0.05, 0.1) is 19.2 Å². The Morgan fingerprint density at radius 2 is 2.22 bits per heavy atom. The van der Waals surface area contributed by atoms with Gasteiger partial charge in [0.25, 0.3) is 0 Å². The van der Waals surface area contributed by atoms with E-state index in [1.54, 1.807) is 18.2 Å². The van der Waals surface area contributed by atoms with Crippen LogP contribution in [0.5, 0.6) is 5.75 Å². The number of amidine groups is 1. The average molecular weight is 252 g/mol. The first-order valence-electron chi connectivity index (χ1n) is 5.22. The summed E-state index contributed by atoms with van der Waals surface area (Å²) in [4.78, 5) is 10.6. The summed E-state index contributed by atoms with van der Waals surface area (Å²) in [5.74, 6) is 0.0439. The van der Waals surface area contributed by atoms with Gasteiger partial charge in [0.15, 0.2) is 5.84 Å². The molecule has 98 valence electrons. The van der Waals surface area contributed by atoms with E-state index in [4.69, 9.17) is 21.4 Å². The molecular weight excluding hydrogens is 236 g/mol. The van der Waals surface area contributed by atoms with Crippen molar-refractivity contribution in [1.82, 2.24) is 5.32 Å². The number of carbonyl (C=O) groups excluding carboxylic acids is 1. The lowest BCUT2D eigenvalue weighted by atomic mass is 10.1. The summed E-state index contributed by atoms with van der Waals surface area (Å²) in [6.07, 6.45) is 0. The van der Waals surface area contributed by atoms with E-state index in [1.165, 1.54) is 7.11 Å². The first-order valence-corrected chi connectivity index (χ1v) is 5.22. The average Bonchev–Trinajstić information content (AvgIpc) is 2.37. The molecule has 6 N–H and O–H groups in total. The van der Waals surface area contributed by atoms with Crippen LogP contribution in [0.4, 0.5) is 0 Å². The molecule has 0 aromatic heterocycles. The van der Waals surface area contributed by atoms with Crippen molar-refractivity contribution in [3.8, 4) is 5.75 Å². The topological polar surface area (TPSA) is 123 Å². The van der Waals surface area contributed by atoms with Crippen molar-refractivity contribution in [3.05, 3.63) is 29.3 Å². The van der Waals surface area contributed by atoms with Gasteiger partial charge in [0.2, 0.25) is 5.91 Å². The second-order valence-electron chi connectivity index (χ2n) is 3.59. The molecule has 1 aromatic rings. The van der Waals surface area contributed by atoms with Crippen LogP contribution in [0, 0.1) is 0 Å². The monoisotopic (exact) mass is 252 g/mol. The van der Waals surface area contributed by atoms with Gasteiger partial charge in [-0.3, -0.25) is 4.79 Å². The Morgan fingerprint density at radius 3 is 2.78 bits per heavy atom. The Kier molecular flexibility index (Phi) is 4.94. The van der Waals surface area contributed by atoms with Gasteiger partial charge in [-0.2, -0.15) is 0 Å². The van der Waals surface area contributed by atoms with Crippen molar-refractivity contribution in [1.29, 1.82) is 0 Å². The number of methoxy groups -OCH3 is 1. The normalized spacial score (nSPS) is 11.3. The highest BCUT2D eigenvalue weighted by molar-refractivity contribution is 5.99. The van der Waals surface area contributed by atoms with Gasteiger partial charge in [0.1, 0.15) is 5.75 Å². The van der Waals surface area contributed by atoms with Gasteiger partial charge < -0.3 is 26.7 Å². The lowest BCUT2D eigenvalue weighted by molar-refractivity contribution is -0.117. The molecule has 18 heavy (non-hydrogen) atoms. The molecule has 0 aliphatic heterocycles. The Morgan fingerprint density at radius 1 is 1.50 bits per heavy atom. The van der Waals surface area contributed by atoms with Crippen molar-refractivity contribution < 1.29 is 14.7 Å². The van der Waals surface area contributed by atoms with Crippen LogP contribution in [0.3, 0.4) is 0 Å². The zero-order valence-corrected chi connectivity index (χ0v) is 10.0. The van der Waals surface area contributed by atoms with Gasteiger partial charge in [0, 0.05) is 6.54 Å². The maximum Gasteiger partial charge on any atom is 0.231 e. The van der Waals surface area contributed by atoms with E-state index in [2.05, 4.69) is 10.5 Å². The fraction of sp³-hybridized carbons (Fsp3) is 0.273. The van der Waals surface area contributed by atoms with Gasteiger partial charge >= 0.3 is 0 Å². The van der Waals surface area contributed by atoms with E-state index >= 15 is 0 Å². The summed E-state index contributed by atoms with van der Waals surface area (Å²) in [7, 11) is 1.49. The Labute approximate surface area is 104 Å². The van der Waals surface area contributed by atoms with Gasteiger partial charge in [-0.15, -0.1) is 0 Å². The van der Waals surface area contributed by atoms with Crippen molar-refractivity contribution >= 4 is 11.7 Å². The molecule has 0 aliphatic rings. The third-order valence-electron chi connectivity index (χ3n) is 2.28. The van der Waals surface area contributed by atoms with Gasteiger partial charge in [-0.05, 0) is 17.7 Å². The molecule has 0 heterocycles. The highest BCUT2D eigenvalue weighted by atomic mass is 16.5. The van der Waals surface area contributed by atoms with Crippen molar-refractivity contribution in [2.45, 2.75) is 6.54 Å². The van der Waals surface area contributed by atoms with Gasteiger partial charge in [-0.25, -0.2) is 0 Å². The van der Waals surface area contributed by atoms with E-state index in [-0.39, 0.29) is 12.4 Å². The number of hydrogen-bond acceptors (Lipinski definition) is 5. The summed E-state index contributed by atoms with van der Waals surface area (Å²) in [5, 5.41) is 14.4. The number of hydrogen-bond donors (Lipinski definition) is 4. The number of nitrogens with zero attached hydrogens (tertiary/aromatic N) is 1. The number of oxime groups is 1. The number of benzene rings is 1. The molecule has 0 spiro atoms. The molecular formula is C11H16N4O3. The fourth-order valence-electron chi connectivity index (χ4n) is 1.44. The van der Waals surface area contributed by atoms with E-state index in [9.17, 15) is 4.79 Å². The number of nitrogens with two attached hydrogens (primary N) is 2. The largest absolute Gasteiger partial charge is 0.496 e. The molecule has 7 heteroatoms. The van der Waals surface area contributed by atoms with Crippen molar-refractivity contribution in [2.24, 2.45) is 16.6 Å². The van der Waals surface area contributed by atoms with E-state index in [1.807, 2.05) is 0 Å². The molecule has 0 bridgehead atoms. The van der Waals surface area contributed by atoms with Crippen molar-refractivity contribution in [3.63, 3.8) is 0 Å². The molecule has 0 aliphatic carbocycles. The third kappa shape index (κ3) is 3.63. The Balaban J connectivity index is 2.82. The molecule has 7 nitrogen and oxygen atoms in total.